The minimum Gasteiger partial charge on any atom is -0.367 e. The molecule has 1 heterocycles. The van der Waals surface area contributed by atoms with Crippen LogP contribution >= 0.6 is 0 Å². The Bertz CT molecular complexity index is 240. The van der Waals surface area contributed by atoms with Gasteiger partial charge < -0.3 is 10.8 Å². The second-order valence-electron chi connectivity index (χ2n) is 5.04. The lowest BCUT2D eigenvalue weighted by Gasteiger charge is -2.34. The van der Waals surface area contributed by atoms with Gasteiger partial charge in [0.2, 0.25) is 0 Å². The first-order chi connectivity index (χ1) is 8.11. The number of aliphatic hydroxyl groups is 1. The highest BCUT2D eigenvalue weighted by molar-refractivity contribution is 5.82. The number of unbranched alkanes of at least 4 members (excludes halogenated alkanes) is 4. The van der Waals surface area contributed by atoms with E-state index >= 15 is 0 Å². The molecule has 17 heavy (non-hydrogen) atoms. The first-order valence-corrected chi connectivity index (χ1v) is 6.88. The molecule has 0 spiro atoms. The van der Waals surface area contributed by atoms with Gasteiger partial charge in [0, 0.05) is 13.1 Å². The molecular formula is C13H26N2O2. The van der Waals surface area contributed by atoms with Crippen molar-refractivity contribution < 1.29 is 9.90 Å². The van der Waals surface area contributed by atoms with Gasteiger partial charge in [-0.1, -0.05) is 32.6 Å². The van der Waals surface area contributed by atoms with E-state index in [1.54, 1.807) is 0 Å². The van der Waals surface area contributed by atoms with Gasteiger partial charge in [-0.25, -0.2) is 0 Å². The summed E-state index contributed by atoms with van der Waals surface area (Å²) in [6.45, 7) is 3.74. The lowest BCUT2D eigenvalue weighted by Crippen LogP contribution is -2.56. The van der Waals surface area contributed by atoms with E-state index in [4.69, 9.17) is 5.73 Å². The Hall–Kier alpha value is -0.610. The number of nitrogens with zero attached hydrogens (tertiary/aromatic N) is 1. The summed E-state index contributed by atoms with van der Waals surface area (Å²) in [5.74, 6) is -0.588. The molecule has 1 rings (SSSR count). The van der Waals surface area contributed by atoms with E-state index < -0.39 is 11.6 Å². The van der Waals surface area contributed by atoms with Gasteiger partial charge in [0.25, 0.3) is 5.91 Å². The average Bonchev–Trinajstić information content (AvgIpc) is 2.82. The highest BCUT2D eigenvalue weighted by Gasteiger charge is 2.40. The Morgan fingerprint density at radius 1 is 1.24 bits per heavy atom. The van der Waals surface area contributed by atoms with Crippen molar-refractivity contribution in [2.45, 2.75) is 64.0 Å². The molecule has 1 aliphatic rings. The van der Waals surface area contributed by atoms with Gasteiger partial charge in [-0.05, 0) is 25.7 Å². The number of likely N-dealkylation sites (tertiary alicyclic amines) is 1. The molecule has 1 fully saturated rings. The molecule has 0 bridgehead atoms. The van der Waals surface area contributed by atoms with E-state index in [1.807, 2.05) is 4.90 Å². The molecule has 0 radical (unpaired) electrons. The summed E-state index contributed by atoms with van der Waals surface area (Å²) in [4.78, 5) is 13.3. The number of hydrogen-bond acceptors (Lipinski definition) is 3. The zero-order chi connectivity index (χ0) is 12.7. The lowest BCUT2D eigenvalue weighted by atomic mass is 10.0. The van der Waals surface area contributed by atoms with Crippen LogP contribution in [0, 0.1) is 0 Å². The van der Waals surface area contributed by atoms with E-state index in [2.05, 4.69) is 6.92 Å². The third-order valence-corrected chi connectivity index (χ3v) is 3.65. The number of rotatable bonds is 8. The molecule has 4 nitrogen and oxygen atoms in total. The number of amides is 1. The van der Waals surface area contributed by atoms with Gasteiger partial charge in [0.05, 0.1) is 0 Å². The topological polar surface area (TPSA) is 66.6 Å². The van der Waals surface area contributed by atoms with Gasteiger partial charge in [0.15, 0.2) is 5.72 Å². The van der Waals surface area contributed by atoms with Crippen molar-refractivity contribution in [1.82, 2.24) is 4.90 Å². The van der Waals surface area contributed by atoms with E-state index in [0.29, 0.717) is 6.42 Å². The average molecular weight is 242 g/mol. The number of nitrogens with two attached hydrogens (primary N) is 1. The summed E-state index contributed by atoms with van der Waals surface area (Å²) in [6.07, 6.45) is 8.10. The van der Waals surface area contributed by atoms with Crippen LogP contribution in [0.5, 0.6) is 0 Å². The Morgan fingerprint density at radius 3 is 2.35 bits per heavy atom. The van der Waals surface area contributed by atoms with E-state index in [-0.39, 0.29) is 0 Å². The maximum atomic E-state index is 11.5. The molecule has 1 amide bonds. The summed E-state index contributed by atoms with van der Waals surface area (Å²) in [6, 6.07) is 0. The Kier molecular flexibility index (Phi) is 5.92. The normalized spacial score (nSPS) is 20.4. The predicted molar refractivity (Wildman–Crippen MR) is 68.3 cm³/mol. The molecule has 0 unspecified atom stereocenters. The van der Waals surface area contributed by atoms with Crippen molar-refractivity contribution in [3.8, 4) is 0 Å². The molecule has 1 aliphatic heterocycles. The Labute approximate surface area is 104 Å². The Balaban J connectivity index is 2.39. The van der Waals surface area contributed by atoms with Crippen LogP contribution in [0.4, 0.5) is 0 Å². The minimum absolute atomic E-state index is 0.478. The second kappa shape index (κ2) is 6.97. The van der Waals surface area contributed by atoms with Crippen LogP contribution in [-0.4, -0.2) is 34.7 Å². The largest absolute Gasteiger partial charge is 0.367 e. The first-order valence-electron chi connectivity index (χ1n) is 6.88. The van der Waals surface area contributed by atoms with Crippen molar-refractivity contribution in [3.05, 3.63) is 0 Å². The smallest absolute Gasteiger partial charge is 0.264 e. The summed E-state index contributed by atoms with van der Waals surface area (Å²) in [5.41, 5.74) is 3.96. The summed E-state index contributed by atoms with van der Waals surface area (Å²) >= 11 is 0. The second-order valence-corrected chi connectivity index (χ2v) is 5.04. The molecule has 0 aromatic rings. The standard InChI is InChI=1S/C13H26N2O2/c1-2-3-4-5-6-9-13(17,12(14)16)15-10-7-8-11-15/h17H,2-11H2,1H3,(H2,14,16)/t13-/m0/s1. The molecule has 4 heteroatoms. The van der Waals surface area contributed by atoms with Crippen LogP contribution in [0.25, 0.3) is 0 Å². The zero-order valence-electron chi connectivity index (χ0n) is 11.0. The molecule has 0 aromatic heterocycles. The van der Waals surface area contributed by atoms with Crippen LogP contribution < -0.4 is 5.73 Å². The van der Waals surface area contributed by atoms with E-state index in [0.717, 1.165) is 38.8 Å². The van der Waals surface area contributed by atoms with Crippen LogP contribution in [-0.2, 0) is 4.79 Å². The van der Waals surface area contributed by atoms with Gasteiger partial charge in [-0.15, -0.1) is 0 Å². The number of carbonyl (C=O) groups is 1. The van der Waals surface area contributed by atoms with Crippen molar-refractivity contribution in [2.24, 2.45) is 5.73 Å². The number of primary amides is 1. The molecule has 0 saturated carbocycles. The van der Waals surface area contributed by atoms with Crippen molar-refractivity contribution in [2.75, 3.05) is 13.1 Å². The van der Waals surface area contributed by atoms with Crippen molar-refractivity contribution >= 4 is 5.91 Å². The predicted octanol–water partition coefficient (Wildman–Crippen LogP) is 1.62. The monoisotopic (exact) mass is 242 g/mol. The van der Waals surface area contributed by atoms with Crippen molar-refractivity contribution in [1.29, 1.82) is 0 Å². The molecular weight excluding hydrogens is 216 g/mol. The highest BCUT2D eigenvalue weighted by Crippen LogP contribution is 2.24. The van der Waals surface area contributed by atoms with E-state index in [9.17, 15) is 9.90 Å². The quantitative estimate of drug-likeness (QED) is 0.636. The van der Waals surface area contributed by atoms with Crippen LogP contribution in [0.2, 0.25) is 0 Å². The Morgan fingerprint density at radius 2 is 1.82 bits per heavy atom. The van der Waals surface area contributed by atoms with E-state index in [1.165, 1.54) is 19.3 Å². The SMILES string of the molecule is CCCCCCC[C@](O)(C(N)=O)N1CCCC1. The highest BCUT2D eigenvalue weighted by atomic mass is 16.3. The molecule has 0 aliphatic carbocycles. The maximum absolute atomic E-state index is 11.5. The van der Waals surface area contributed by atoms with Gasteiger partial charge >= 0.3 is 0 Å². The molecule has 100 valence electrons. The van der Waals surface area contributed by atoms with Gasteiger partial charge in [0.1, 0.15) is 0 Å². The first kappa shape index (κ1) is 14.5. The lowest BCUT2D eigenvalue weighted by molar-refractivity contribution is -0.160. The summed E-state index contributed by atoms with van der Waals surface area (Å²) < 4.78 is 0. The fourth-order valence-corrected chi connectivity index (χ4v) is 2.50. The summed E-state index contributed by atoms with van der Waals surface area (Å²) in [5, 5.41) is 10.4. The fraction of sp³-hybridized carbons (Fsp3) is 0.923. The molecule has 0 aromatic carbocycles. The van der Waals surface area contributed by atoms with Crippen molar-refractivity contribution in [3.63, 3.8) is 0 Å². The molecule has 1 saturated heterocycles. The fourth-order valence-electron chi connectivity index (χ4n) is 2.50. The zero-order valence-corrected chi connectivity index (χ0v) is 11.0. The van der Waals surface area contributed by atoms with Gasteiger partial charge in [-0.3, -0.25) is 9.69 Å². The van der Waals surface area contributed by atoms with Crippen LogP contribution in [0.15, 0.2) is 0 Å². The minimum atomic E-state index is -1.40. The van der Waals surface area contributed by atoms with Gasteiger partial charge in [-0.2, -0.15) is 0 Å². The third-order valence-electron chi connectivity index (χ3n) is 3.65. The number of hydrogen-bond donors (Lipinski definition) is 2. The molecule has 3 N–H and O–H groups in total. The summed E-state index contributed by atoms with van der Waals surface area (Å²) in [7, 11) is 0. The number of carbonyl (C=O) groups excluding carboxylic acids is 1. The molecule has 1 atom stereocenters. The van der Waals surface area contributed by atoms with Crippen LogP contribution in [0.1, 0.15) is 58.3 Å². The maximum Gasteiger partial charge on any atom is 0.264 e. The third kappa shape index (κ3) is 3.96. The van der Waals surface area contributed by atoms with Crippen LogP contribution in [0.3, 0.4) is 0 Å².